The maximum atomic E-state index is 13.1. The van der Waals surface area contributed by atoms with E-state index in [1.165, 1.54) is 12.1 Å². The van der Waals surface area contributed by atoms with Gasteiger partial charge in [0.15, 0.2) is 0 Å². The summed E-state index contributed by atoms with van der Waals surface area (Å²) in [5, 5.41) is 18.1. The van der Waals surface area contributed by atoms with Crippen LogP contribution in [-0.2, 0) is 21.3 Å². The average molecular weight is 475 g/mol. The van der Waals surface area contributed by atoms with Gasteiger partial charge in [0.1, 0.15) is 11.5 Å². The Balaban J connectivity index is 1.34. The van der Waals surface area contributed by atoms with Crippen LogP contribution < -0.4 is 4.72 Å². The Bertz CT molecular complexity index is 1180. The van der Waals surface area contributed by atoms with Crippen LogP contribution in [0.15, 0.2) is 59.6 Å². The van der Waals surface area contributed by atoms with Crippen molar-refractivity contribution in [1.82, 2.24) is 19.7 Å². The van der Waals surface area contributed by atoms with E-state index in [1.807, 2.05) is 0 Å². The standard InChI is InChI=1S/C23H27FN4O4S/c1-16-4-2-3-5-23(16)33(30,31)26-20-11-10-19(32-22(20)15-29)12-13-28-14-21(25-27-28)17-6-8-18(24)9-7-17/h2-9,14,19-20,22,26,29H,10-13,15H2,1H3/t19-,20+,22+/m0/s1. The van der Waals surface area contributed by atoms with Crippen molar-refractivity contribution in [3.63, 3.8) is 0 Å². The minimum atomic E-state index is -3.72. The predicted molar refractivity (Wildman–Crippen MR) is 120 cm³/mol. The van der Waals surface area contributed by atoms with E-state index in [0.29, 0.717) is 37.1 Å². The molecule has 1 saturated heterocycles. The summed E-state index contributed by atoms with van der Waals surface area (Å²) in [5.41, 5.74) is 2.09. The van der Waals surface area contributed by atoms with Gasteiger partial charge in [0, 0.05) is 12.1 Å². The van der Waals surface area contributed by atoms with Crippen LogP contribution in [0.1, 0.15) is 24.8 Å². The van der Waals surface area contributed by atoms with Crippen LogP contribution in [0.3, 0.4) is 0 Å². The molecule has 1 aliphatic rings. The van der Waals surface area contributed by atoms with Gasteiger partial charge in [-0.3, -0.25) is 4.68 Å². The molecule has 4 rings (SSSR count). The summed E-state index contributed by atoms with van der Waals surface area (Å²) in [6.07, 6.45) is 2.86. The number of benzene rings is 2. The molecule has 0 aliphatic carbocycles. The third-order valence-corrected chi connectivity index (χ3v) is 7.49. The van der Waals surface area contributed by atoms with Gasteiger partial charge < -0.3 is 9.84 Å². The maximum absolute atomic E-state index is 13.1. The Morgan fingerprint density at radius 3 is 2.67 bits per heavy atom. The second-order valence-corrected chi connectivity index (χ2v) is 9.89. The van der Waals surface area contributed by atoms with Crippen LogP contribution in [0.4, 0.5) is 4.39 Å². The largest absolute Gasteiger partial charge is 0.394 e. The third-order valence-electron chi connectivity index (χ3n) is 5.84. The van der Waals surface area contributed by atoms with Crippen LogP contribution in [0.25, 0.3) is 11.3 Å². The van der Waals surface area contributed by atoms with E-state index in [2.05, 4.69) is 15.0 Å². The van der Waals surface area contributed by atoms with E-state index in [9.17, 15) is 17.9 Å². The summed E-state index contributed by atoms with van der Waals surface area (Å²) < 4.78 is 49.2. The molecule has 2 N–H and O–H groups in total. The lowest BCUT2D eigenvalue weighted by Gasteiger charge is -2.36. The first kappa shape index (κ1) is 23.5. The fraction of sp³-hybridized carbons (Fsp3) is 0.391. The topological polar surface area (TPSA) is 106 Å². The number of halogens is 1. The Labute approximate surface area is 192 Å². The Morgan fingerprint density at radius 2 is 1.94 bits per heavy atom. The average Bonchev–Trinajstić information content (AvgIpc) is 3.28. The molecule has 0 amide bonds. The maximum Gasteiger partial charge on any atom is 0.241 e. The van der Waals surface area contributed by atoms with Crippen molar-refractivity contribution in [2.45, 2.75) is 55.9 Å². The first-order valence-electron chi connectivity index (χ1n) is 10.9. The number of aromatic nitrogens is 3. The smallest absolute Gasteiger partial charge is 0.241 e. The molecule has 0 radical (unpaired) electrons. The lowest BCUT2D eigenvalue weighted by molar-refractivity contribution is -0.0891. The number of ether oxygens (including phenoxy) is 1. The molecule has 1 fully saturated rings. The van der Waals surface area contributed by atoms with Gasteiger partial charge in [-0.25, -0.2) is 17.5 Å². The summed E-state index contributed by atoms with van der Waals surface area (Å²) in [6, 6.07) is 12.3. The highest BCUT2D eigenvalue weighted by molar-refractivity contribution is 7.89. The fourth-order valence-electron chi connectivity index (χ4n) is 4.04. The highest BCUT2D eigenvalue weighted by atomic mass is 32.2. The minimum Gasteiger partial charge on any atom is -0.394 e. The molecule has 10 heteroatoms. The minimum absolute atomic E-state index is 0.139. The molecule has 1 aliphatic heterocycles. The Morgan fingerprint density at radius 1 is 1.18 bits per heavy atom. The van der Waals surface area contributed by atoms with Crippen molar-refractivity contribution in [2.24, 2.45) is 0 Å². The monoisotopic (exact) mass is 474 g/mol. The van der Waals surface area contributed by atoms with Gasteiger partial charge in [-0.05, 0) is 62.1 Å². The van der Waals surface area contributed by atoms with Gasteiger partial charge in [0.25, 0.3) is 0 Å². The molecule has 3 aromatic rings. The van der Waals surface area contributed by atoms with Crippen molar-refractivity contribution >= 4 is 10.0 Å². The number of sulfonamides is 1. The molecular formula is C23H27FN4O4S. The summed E-state index contributed by atoms with van der Waals surface area (Å²) in [5.74, 6) is -0.307. The number of nitrogens with one attached hydrogen (secondary N) is 1. The van der Waals surface area contributed by atoms with Crippen LogP contribution in [0.2, 0.25) is 0 Å². The van der Waals surface area contributed by atoms with Gasteiger partial charge in [-0.2, -0.15) is 0 Å². The van der Waals surface area contributed by atoms with E-state index in [4.69, 9.17) is 4.74 Å². The van der Waals surface area contributed by atoms with Gasteiger partial charge in [-0.1, -0.05) is 23.4 Å². The zero-order valence-electron chi connectivity index (χ0n) is 18.3. The van der Waals surface area contributed by atoms with Crippen LogP contribution in [0.5, 0.6) is 0 Å². The summed E-state index contributed by atoms with van der Waals surface area (Å²) >= 11 is 0. The fourth-order valence-corrected chi connectivity index (χ4v) is 5.58. The number of hydrogen-bond donors (Lipinski definition) is 2. The molecular weight excluding hydrogens is 447 g/mol. The number of hydrogen-bond acceptors (Lipinski definition) is 6. The van der Waals surface area contributed by atoms with E-state index in [-0.39, 0.29) is 23.4 Å². The SMILES string of the molecule is Cc1ccccc1S(=O)(=O)N[C@@H]1CC[C@@H](CCn2cc(-c3ccc(F)cc3)nn2)O[C@@H]1CO. The molecule has 2 heterocycles. The zero-order chi connectivity index (χ0) is 23.4. The van der Waals surface area contributed by atoms with Crippen molar-refractivity contribution in [2.75, 3.05) is 6.61 Å². The number of nitrogens with zero attached hydrogens (tertiary/aromatic N) is 3. The van der Waals surface area contributed by atoms with Gasteiger partial charge in [-0.15, -0.1) is 5.10 Å². The quantitative estimate of drug-likeness (QED) is 0.520. The van der Waals surface area contributed by atoms with E-state index in [0.717, 1.165) is 5.56 Å². The summed E-state index contributed by atoms with van der Waals surface area (Å²) in [7, 11) is -3.72. The molecule has 0 saturated carbocycles. The number of aliphatic hydroxyl groups excluding tert-OH is 1. The van der Waals surface area contributed by atoms with E-state index >= 15 is 0 Å². The molecule has 1 aromatic heterocycles. The lowest BCUT2D eigenvalue weighted by atomic mass is 9.98. The molecule has 3 atom stereocenters. The highest BCUT2D eigenvalue weighted by Gasteiger charge is 2.34. The summed E-state index contributed by atoms with van der Waals surface area (Å²) in [6.45, 7) is 2.02. The van der Waals surface area contributed by atoms with Crippen LogP contribution >= 0.6 is 0 Å². The van der Waals surface area contributed by atoms with Gasteiger partial charge >= 0.3 is 0 Å². The van der Waals surface area contributed by atoms with Gasteiger partial charge in [0.05, 0.1) is 35.9 Å². The predicted octanol–water partition coefficient (Wildman–Crippen LogP) is 2.67. The Kier molecular flexibility index (Phi) is 7.18. The van der Waals surface area contributed by atoms with Crippen LogP contribution in [0, 0.1) is 12.7 Å². The molecule has 176 valence electrons. The van der Waals surface area contributed by atoms with E-state index < -0.39 is 22.2 Å². The first-order valence-corrected chi connectivity index (χ1v) is 12.3. The molecule has 2 aromatic carbocycles. The second-order valence-electron chi connectivity index (χ2n) is 8.21. The zero-order valence-corrected chi connectivity index (χ0v) is 19.1. The van der Waals surface area contributed by atoms with E-state index in [1.54, 1.807) is 54.2 Å². The first-order chi connectivity index (χ1) is 15.9. The van der Waals surface area contributed by atoms with Gasteiger partial charge in [0.2, 0.25) is 10.0 Å². The highest BCUT2D eigenvalue weighted by Crippen LogP contribution is 2.25. The van der Waals surface area contributed by atoms with Crippen LogP contribution in [-0.4, -0.2) is 53.4 Å². The number of rotatable bonds is 8. The van der Waals surface area contributed by atoms with Crippen molar-refractivity contribution in [1.29, 1.82) is 0 Å². The Hall–Kier alpha value is -2.66. The number of aryl methyl sites for hydroxylation is 2. The van der Waals surface area contributed by atoms with Crippen molar-refractivity contribution < 1.29 is 22.7 Å². The molecule has 33 heavy (non-hydrogen) atoms. The third kappa shape index (κ3) is 5.64. The molecule has 0 spiro atoms. The summed E-state index contributed by atoms with van der Waals surface area (Å²) in [4.78, 5) is 0.229. The van der Waals surface area contributed by atoms with Crippen molar-refractivity contribution in [3.05, 3.63) is 66.1 Å². The second kappa shape index (κ2) is 10.1. The molecule has 0 bridgehead atoms. The van der Waals surface area contributed by atoms with Crippen molar-refractivity contribution in [3.8, 4) is 11.3 Å². The molecule has 8 nitrogen and oxygen atoms in total. The molecule has 0 unspecified atom stereocenters. The number of aliphatic hydroxyl groups is 1. The normalized spacial score (nSPS) is 21.2. The lowest BCUT2D eigenvalue weighted by Crippen LogP contribution is -2.51.